The number of nitrogens with zero attached hydrogens (tertiary/aromatic N) is 1. The van der Waals surface area contributed by atoms with Gasteiger partial charge in [-0.05, 0) is 37.2 Å². The molecule has 1 aromatic carbocycles. The largest absolute Gasteiger partial charge is 0.457 e. The fourth-order valence-corrected chi connectivity index (χ4v) is 1.71. The van der Waals surface area contributed by atoms with Crippen LogP contribution in [0.2, 0.25) is 0 Å². The molecule has 2 rings (SSSR count). The lowest BCUT2D eigenvalue weighted by atomic mass is 10.2. The van der Waals surface area contributed by atoms with Crippen molar-refractivity contribution in [2.45, 2.75) is 20.4 Å². The minimum atomic E-state index is 0.769. The van der Waals surface area contributed by atoms with Gasteiger partial charge in [0, 0.05) is 24.5 Å². The SMILES string of the molecule is CCNCc1cnccc1Oc1cccc(C)c1. The Kier molecular flexibility index (Phi) is 4.31. The number of benzene rings is 1. The van der Waals surface area contributed by atoms with E-state index in [1.807, 2.05) is 30.5 Å². The van der Waals surface area contributed by atoms with Crippen LogP contribution in [0.5, 0.6) is 11.5 Å². The molecule has 0 fully saturated rings. The van der Waals surface area contributed by atoms with E-state index in [0.717, 1.165) is 30.2 Å². The fraction of sp³-hybridized carbons (Fsp3) is 0.267. The molecule has 0 saturated carbocycles. The predicted octanol–water partition coefficient (Wildman–Crippen LogP) is 3.29. The topological polar surface area (TPSA) is 34.2 Å². The number of rotatable bonds is 5. The molecule has 0 saturated heterocycles. The van der Waals surface area contributed by atoms with Crippen molar-refractivity contribution >= 4 is 0 Å². The molecular weight excluding hydrogens is 224 g/mol. The standard InChI is InChI=1S/C15H18N2O/c1-3-16-10-13-11-17-8-7-15(13)18-14-6-4-5-12(2)9-14/h4-9,11,16H,3,10H2,1-2H3. The van der Waals surface area contributed by atoms with Gasteiger partial charge in [0.15, 0.2) is 0 Å². The number of ether oxygens (including phenoxy) is 1. The summed E-state index contributed by atoms with van der Waals surface area (Å²) in [5.74, 6) is 1.72. The third-order valence-electron chi connectivity index (χ3n) is 2.64. The van der Waals surface area contributed by atoms with Gasteiger partial charge < -0.3 is 10.1 Å². The Balaban J connectivity index is 2.17. The fourth-order valence-electron chi connectivity index (χ4n) is 1.71. The van der Waals surface area contributed by atoms with Crippen LogP contribution in [0, 0.1) is 6.92 Å². The Morgan fingerprint density at radius 3 is 2.94 bits per heavy atom. The van der Waals surface area contributed by atoms with Crippen molar-refractivity contribution in [1.29, 1.82) is 0 Å². The minimum Gasteiger partial charge on any atom is -0.457 e. The number of aryl methyl sites for hydroxylation is 1. The van der Waals surface area contributed by atoms with Gasteiger partial charge in [-0.1, -0.05) is 19.1 Å². The number of hydrogen-bond acceptors (Lipinski definition) is 3. The van der Waals surface area contributed by atoms with E-state index in [9.17, 15) is 0 Å². The molecule has 0 spiro atoms. The van der Waals surface area contributed by atoms with Crippen LogP contribution in [-0.4, -0.2) is 11.5 Å². The molecule has 0 bridgehead atoms. The first-order valence-electron chi connectivity index (χ1n) is 6.17. The summed E-state index contributed by atoms with van der Waals surface area (Å²) in [5.41, 5.74) is 2.26. The van der Waals surface area contributed by atoms with Crippen molar-refractivity contribution in [3.8, 4) is 11.5 Å². The lowest BCUT2D eigenvalue weighted by molar-refractivity contribution is 0.472. The Bertz CT molecular complexity index is 511. The second-order valence-electron chi connectivity index (χ2n) is 4.18. The molecule has 0 unspecified atom stereocenters. The summed E-state index contributed by atoms with van der Waals surface area (Å²) in [4.78, 5) is 4.14. The zero-order chi connectivity index (χ0) is 12.8. The van der Waals surface area contributed by atoms with E-state index in [1.54, 1.807) is 6.20 Å². The molecule has 18 heavy (non-hydrogen) atoms. The third kappa shape index (κ3) is 3.31. The van der Waals surface area contributed by atoms with Gasteiger partial charge in [-0.3, -0.25) is 4.98 Å². The Morgan fingerprint density at radius 2 is 2.17 bits per heavy atom. The van der Waals surface area contributed by atoms with Crippen molar-refractivity contribution < 1.29 is 4.74 Å². The van der Waals surface area contributed by atoms with E-state index in [-0.39, 0.29) is 0 Å². The molecule has 0 aliphatic heterocycles. The van der Waals surface area contributed by atoms with Crippen LogP contribution in [0.25, 0.3) is 0 Å². The number of aromatic nitrogens is 1. The van der Waals surface area contributed by atoms with Gasteiger partial charge in [-0.2, -0.15) is 0 Å². The van der Waals surface area contributed by atoms with Gasteiger partial charge in [0.05, 0.1) is 0 Å². The van der Waals surface area contributed by atoms with Crippen LogP contribution in [0.3, 0.4) is 0 Å². The van der Waals surface area contributed by atoms with Crippen molar-refractivity contribution in [2.24, 2.45) is 0 Å². The molecule has 0 aliphatic carbocycles. The molecule has 0 radical (unpaired) electrons. The molecule has 0 aliphatic rings. The summed E-state index contributed by atoms with van der Waals surface area (Å²) < 4.78 is 5.91. The normalized spacial score (nSPS) is 10.3. The highest BCUT2D eigenvalue weighted by molar-refractivity contribution is 5.37. The Hall–Kier alpha value is -1.87. The summed E-state index contributed by atoms with van der Waals surface area (Å²) in [7, 11) is 0. The highest BCUT2D eigenvalue weighted by Crippen LogP contribution is 2.24. The molecule has 1 N–H and O–H groups in total. The number of nitrogens with one attached hydrogen (secondary N) is 1. The van der Waals surface area contributed by atoms with Crippen LogP contribution in [0.4, 0.5) is 0 Å². The first-order chi connectivity index (χ1) is 8.79. The Labute approximate surface area is 108 Å². The van der Waals surface area contributed by atoms with E-state index in [2.05, 4.69) is 30.2 Å². The minimum absolute atomic E-state index is 0.769. The van der Waals surface area contributed by atoms with Crippen LogP contribution in [-0.2, 0) is 6.54 Å². The summed E-state index contributed by atoms with van der Waals surface area (Å²) in [6, 6.07) is 9.94. The summed E-state index contributed by atoms with van der Waals surface area (Å²) in [6.45, 7) is 5.83. The van der Waals surface area contributed by atoms with E-state index in [4.69, 9.17) is 4.74 Å². The second kappa shape index (κ2) is 6.17. The van der Waals surface area contributed by atoms with Gasteiger partial charge in [0.2, 0.25) is 0 Å². The molecule has 0 amide bonds. The quantitative estimate of drug-likeness (QED) is 0.873. The maximum absolute atomic E-state index is 5.91. The maximum atomic E-state index is 5.91. The second-order valence-corrected chi connectivity index (χ2v) is 4.18. The smallest absolute Gasteiger partial charge is 0.134 e. The first kappa shape index (κ1) is 12.6. The lowest BCUT2D eigenvalue weighted by Crippen LogP contribution is -2.12. The van der Waals surface area contributed by atoms with Crippen molar-refractivity contribution in [1.82, 2.24) is 10.3 Å². The van der Waals surface area contributed by atoms with Gasteiger partial charge in [-0.25, -0.2) is 0 Å². The summed E-state index contributed by atoms with van der Waals surface area (Å²) in [5, 5.41) is 3.28. The van der Waals surface area contributed by atoms with Gasteiger partial charge in [0.25, 0.3) is 0 Å². The molecule has 1 aromatic heterocycles. The lowest BCUT2D eigenvalue weighted by Gasteiger charge is -2.11. The van der Waals surface area contributed by atoms with Crippen LogP contribution in [0.1, 0.15) is 18.1 Å². The van der Waals surface area contributed by atoms with Crippen molar-refractivity contribution in [3.63, 3.8) is 0 Å². The van der Waals surface area contributed by atoms with E-state index >= 15 is 0 Å². The van der Waals surface area contributed by atoms with Gasteiger partial charge >= 0.3 is 0 Å². The molecule has 2 aromatic rings. The monoisotopic (exact) mass is 242 g/mol. The summed E-state index contributed by atoms with van der Waals surface area (Å²) in [6.07, 6.45) is 3.59. The van der Waals surface area contributed by atoms with E-state index in [0.29, 0.717) is 0 Å². The van der Waals surface area contributed by atoms with E-state index in [1.165, 1.54) is 5.56 Å². The zero-order valence-electron chi connectivity index (χ0n) is 10.8. The highest BCUT2D eigenvalue weighted by atomic mass is 16.5. The molecule has 3 nitrogen and oxygen atoms in total. The highest BCUT2D eigenvalue weighted by Gasteiger charge is 2.04. The van der Waals surface area contributed by atoms with Crippen LogP contribution in [0.15, 0.2) is 42.7 Å². The summed E-state index contributed by atoms with van der Waals surface area (Å²) >= 11 is 0. The molecule has 1 heterocycles. The Morgan fingerprint density at radius 1 is 1.28 bits per heavy atom. The third-order valence-corrected chi connectivity index (χ3v) is 2.64. The first-order valence-corrected chi connectivity index (χ1v) is 6.17. The molecule has 94 valence electrons. The number of pyridine rings is 1. The van der Waals surface area contributed by atoms with Gasteiger partial charge in [-0.15, -0.1) is 0 Å². The van der Waals surface area contributed by atoms with Crippen LogP contribution < -0.4 is 10.1 Å². The van der Waals surface area contributed by atoms with Gasteiger partial charge in [0.1, 0.15) is 11.5 Å². The average molecular weight is 242 g/mol. The van der Waals surface area contributed by atoms with E-state index < -0.39 is 0 Å². The van der Waals surface area contributed by atoms with Crippen molar-refractivity contribution in [3.05, 3.63) is 53.9 Å². The zero-order valence-corrected chi connectivity index (χ0v) is 10.8. The maximum Gasteiger partial charge on any atom is 0.134 e. The molecule has 0 atom stereocenters. The molecular formula is C15H18N2O. The average Bonchev–Trinajstić information content (AvgIpc) is 2.38. The van der Waals surface area contributed by atoms with Crippen molar-refractivity contribution in [2.75, 3.05) is 6.54 Å². The van der Waals surface area contributed by atoms with Crippen LogP contribution >= 0.6 is 0 Å². The number of hydrogen-bond donors (Lipinski definition) is 1. The molecule has 3 heteroatoms. The predicted molar refractivity (Wildman–Crippen MR) is 72.9 cm³/mol.